The Morgan fingerprint density at radius 2 is 1.57 bits per heavy atom. The molecule has 0 radical (unpaired) electrons. The van der Waals surface area contributed by atoms with Crippen LogP contribution >= 0.6 is 0 Å². The first-order valence-electron chi connectivity index (χ1n) is 14.5. The van der Waals surface area contributed by atoms with Gasteiger partial charge in [0.25, 0.3) is 0 Å². The van der Waals surface area contributed by atoms with Gasteiger partial charge in [0.15, 0.2) is 5.78 Å². The van der Waals surface area contributed by atoms with Gasteiger partial charge < -0.3 is 25.8 Å². The monoisotopic (exact) mass is 552 g/mol. The normalized spacial score (nSPS) is 24.7. The number of aliphatic hydroxyl groups is 1. The topological polar surface area (TPSA) is 161 Å². The Morgan fingerprint density at radius 3 is 2.17 bits per heavy atom. The summed E-state index contributed by atoms with van der Waals surface area (Å²) in [5.74, 6) is -1.27. The van der Waals surface area contributed by atoms with Crippen molar-refractivity contribution < 1.29 is 29.0 Å². The Kier molecular flexibility index (Phi) is 10.3. The van der Waals surface area contributed by atoms with E-state index in [0.717, 1.165) is 31.2 Å². The highest BCUT2D eigenvalue weighted by Crippen LogP contribution is 2.30. The number of ketones is 1. The predicted molar refractivity (Wildman–Crippen MR) is 146 cm³/mol. The van der Waals surface area contributed by atoms with E-state index in [2.05, 4.69) is 22.0 Å². The summed E-state index contributed by atoms with van der Waals surface area (Å²) >= 11 is 0. The molecule has 1 aromatic carbocycles. The van der Waals surface area contributed by atoms with Crippen LogP contribution in [0, 0.1) is 23.2 Å². The van der Waals surface area contributed by atoms with Crippen molar-refractivity contribution in [2.24, 2.45) is 11.8 Å². The zero-order valence-corrected chi connectivity index (χ0v) is 23.1. The molecule has 4 rings (SSSR count). The summed E-state index contributed by atoms with van der Waals surface area (Å²) in [4.78, 5) is 52.4. The first kappa shape index (κ1) is 29.7. The second-order valence-corrected chi connectivity index (χ2v) is 11.5. The molecule has 10 nitrogen and oxygen atoms in total. The molecule has 0 aromatic heterocycles. The number of nitrogens with zero attached hydrogens (tertiary/aromatic N) is 1. The first-order chi connectivity index (χ1) is 19.2. The number of nitrogens with one attached hydrogen (secondary N) is 3. The number of amides is 3. The van der Waals surface area contributed by atoms with Crippen LogP contribution in [-0.2, 0) is 30.3 Å². The van der Waals surface area contributed by atoms with E-state index in [1.807, 2.05) is 0 Å². The Balaban J connectivity index is 1.43. The van der Waals surface area contributed by atoms with Gasteiger partial charge in [-0.2, -0.15) is 5.26 Å². The molecule has 4 N–H and O–H groups in total. The molecule has 1 saturated heterocycles. The van der Waals surface area contributed by atoms with E-state index in [9.17, 15) is 24.3 Å². The van der Waals surface area contributed by atoms with Gasteiger partial charge in [0, 0.05) is 12.3 Å². The van der Waals surface area contributed by atoms with Crippen molar-refractivity contribution in [1.29, 1.82) is 5.26 Å². The average Bonchev–Trinajstić information content (AvgIpc) is 3.68. The Bertz CT molecular complexity index is 1100. The highest BCUT2D eigenvalue weighted by Gasteiger charge is 2.39. The smallest absolute Gasteiger partial charge is 0.243 e. The van der Waals surface area contributed by atoms with Gasteiger partial charge in [0.1, 0.15) is 18.2 Å². The molecule has 216 valence electrons. The summed E-state index contributed by atoms with van der Waals surface area (Å²) < 4.78 is 5.21. The van der Waals surface area contributed by atoms with E-state index in [1.165, 1.54) is 0 Å². The second kappa shape index (κ2) is 13.9. The minimum atomic E-state index is -0.997. The number of carbonyl (C=O) groups excluding carboxylic acids is 4. The second-order valence-electron chi connectivity index (χ2n) is 11.5. The van der Waals surface area contributed by atoms with Crippen molar-refractivity contribution in [2.45, 2.75) is 101 Å². The molecule has 0 unspecified atom stereocenters. The summed E-state index contributed by atoms with van der Waals surface area (Å²) in [7, 11) is 0. The molecule has 3 aliphatic rings. The maximum absolute atomic E-state index is 13.6. The number of aliphatic hydroxyl groups excluding tert-OH is 1. The van der Waals surface area contributed by atoms with Crippen LogP contribution in [0.15, 0.2) is 24.3 Å². The van der Waals surface area contributed by atoms with Gasteiger partial charge in [-0.25, -0.2) is 0 Å². The molecule has 1 aromatic rings. The fourth-order valence-corrected chi connectivity index (χ4v) is 5.73. The zero-order valence-electron chi connectivity index (χ0n) is 23.1. The number of nitriles is 1. The maximum Gasteiger partial charge on any atom is 0.243 e. The highest BCUT2D eigenvalue weighted by atomic mass is 16.6. The van der Waals surface area contributed by atoms with Crippen LogP contribution < -0.4 is 16.0 Å². The molecule has 3 amide bonds. The maximum atomic E-state index is 13.6. The Morgan fingerprint density at radius 1 is 0.950 bits per heavy atom. The molecule has 0 bridgehead atoms. The van der Waals surface area contributed by atoms with Crippen molar-refractivity contribution in [1.82, 2.24) is 16.0 Å². The number of carbonyl (C=O) groups is 4. The van der Waals surface area contributed by atoms with E-state index in [4.69, 9.17) is 10.00 Å². The van der Waals surface area contributed by atoms with Crippen molar-refractivity contribution in [2.75, 3.05) is 6.61 Å². The third-order valence-corrected chi connectivity index (χ3v) is 8.33. The molecule has 1 aliphatic heterocycles. The minimum Gasteiger partial charge on any atom is -0.393 e. The molecular formula is C30H40N4O6. The third kappa shape index (κ3) is 8.35. The number of hydrogen-bond acceptors (Lipinski definition) is 7. The molecule has 2 aliphatic carbocycles. The average molecular weight is 553 g/mol. The third-order valence-electron chi connectivity index (χ3n) is 8.33. The summed E-state index contributed by atoms with van der Waals surface area (Å²) in [6, 6.07) is 6.24. The molecule has 3 fully saturated rings. The molecule has 40 heavy (non-hydrogen) atoms. The molecule has 1 heterocycles. The summed E-state index contributed by atoms with van der Waals surface area (Å²) in [5.41, 5.74) is 1.22. The zero-order chi connectivity index (χ0) is 28.6. The number of rotatable bonds is 12. The summed E-state index contributed by atoms with van der Waals surface area (Å²) in [6.45, 7) is 1.93. The van der Waals surface area contributed by atoms with Crippen LogP contribution in [0.3, 0.4) is 0 Å². The van der Waals surface area contributed by atoms with Gasteiger partial charge in [0.2, 0.25) is 17.7 Å². The molecular weight excluding hydrogens is 512 g/mol. The lowest BCUT2D eigenvalue weighted by molar-refractivity contribution is -0.134. The number of epoxide rings is 1. The van der Waals surface area contributed by atoms with E-state index in [0.29, 0.717) is 50.2 Å². The van der Waals surface area contributed by atoms with E-state index in [-0.39, 0.29) is 30.1 Å². The first-order valence-corrected chi connectivity index (χ1v) is 14.5. The number of Topliss-reactive ketones (excluding diaryl/α,β-unsaturated/α-hetero) is 1. The SMILES string of the molecule is C[C@@H](NC(=O)[C@H]1CC[C@H](O)CC1)C(=O)N[C@@H](Cc1ccc(C#N)cc1)C(=O)N[C@@H](CC1CCCC1)C(=O)[C@H]1CO1. The van der Waals surface area contributed by atoms with E-state index >= 15 is 0 Å². The summed E-state index contributed by atoms with van der Waals surface area (Å²) in [6.07, 6.45) is 6.32. The molecule has 2 saturated carbocycles. The fraction of sp³-hybridized carbons (Fsp3) is 0.633. The predicted octanol–water partition coefficient (Wildman–Crippen LogP) is 1.67. The quantitative estimate of drug-likeness (QED) is 0.287. The largest absolute Gasteiger partial charge is 0.393 e. The standard InChI is InChI=1S/C30H40N4O6/c1-18(32-29(38)22-10-12-23(35)13-11-22)28(37)34-25(15-20-6-8-21(16-31)9-7-20)30(39)33-24(27(36)26-17-40-26)14-19-4-2-3-5-19/h6-9,18-19,22-26,35H,2-5,10-15,17H2,1H3,(H,32,38)(H,33,39)(H,34,37)/t18-,22-,23-,24+,25+,26-/m1/s1. The van der Waals surface area contributed by atoms with Gasteiger partial charge in [-0.05, 0) is 62.6 Å². The number of hydrogen-bond donors (Lipinski definition) is 4. The van der Waals surface area contributed by atoms with Crippen LogP contribution in [-0.4, -0.2) is 65.6 Å². The lowest BCUT2D eigenvalue weighted by Gasteiger charge is -2.27. The van der Waals surface area contributed by atoms with Gasteiger partial charge >= 0.3 is 0 Å². The van der Waals surface area contributed by atoms with Crippen LogP contribution in [0.2, 0.25) is 0 Å². The van der Waals surface area contributed by atoms with Crippen molar-refractivity contribution in [3.05, 3.63) is 35.4 Å². The van der Waals surface area contributed by atoms with Crippen molar-refractivity contribution in [3.63, 3.8) is 0 Å². The van der Waals surface area contributed by atoms with Crippen molar-refractivity contribution in [3.8, 4) is 6.07 Å². The van der Waals surface area contributed by atoms with Crippen LogP contribution in [0.1, 0.15) is 75.8 Å². The number of benzene rings is 1. The molecule has 0 spiro atoms. The lowest BCUT2D eigenvalue weighted by Crippen LogP contribution is -2.56. The van der Waals surface area contributed by atoms with E-state index in [1.54, 1.807) is 31.2 Å². The lowest BCUT2D eigenvalue weighted by atomic mass is 9.87. The van der Waals surface area contributed by atoms with Gasteiger partial charge in [0.05, 0.1) is 30.4 Å². The Hall–Kier alpha value is -3.29. The van der Waals surface area contributed by atoms with Crippen LogP contribution in [0.5, 0.6) is 0 Å². The summed E-state index contributed by atoms with van der Waals surface area (Å²) in [5, 5.41) is 27.3. The van der Waals surface area contributed by atoms with Crippen molar-refractivity contribution >= 4 is 23.5 Å². The van der Waals surface area contributed by atoms with Crippen LogP contribution in [0.25, 0.3) is 0 Å². The molecule has 10 heteroatoms. The van der Waals surface area contributed by atoms with Gasteiger partial charge in [-0.3, -0.25) is 19.2 Å². The van der Waals surface area contributed by atoms with E-state index < -0.39 is 36.0 Å². The van der Waals surface area contributed by atoms with Gasteiger partial charge in [-0.15, -0.1) is 0 Å². The highest BCUT2D eigenvalue weighted by molar-refractivity contribution is 5.96. The number of ether oxygens (including phenoxy) is 1. The van der Waals surface area contributed by atoms with Gasteiger partial charge in [-0.1, -0.05) is 37.8 Å². The molecule has 4 atom stereocenters. The minimum absolute atomic E-state index is 0.137. The fourth-order valence-electron chi connectivity index (χ4n) is 5.73. The Labute approximate surface area is 235 Å². The van der Waals surface area contributed by atoms with Crippen LogP contribution in [0.4, 0.5) is 0 Å².